The quantitative estimate of drug-likeness (QED) is 0.878. The van der Waals surface area contributed by atoms with Gasteiger partial charge in [-0.15, -0.1) is 0 Å². The van der Waals surface area contributed by atoms with E-state index in [9.17, 15) is 0 Å². The first-order chi connectivity index (χ1) is 8.61. The standard InChI is InChI=1S/C15H22N2O/c1-11-13-10-12(18-4)7-8-15(13)16-14(11)6-5-9-17(2)3/h7-8,10,16H,5-6,9H2,1-4H3. The molecule has 0 atom stereocenters. The first-order valence-electron chi connectivity index (χ1n) is 6.41. The van der Waals surface area contributed by atoms with Crippen LogP contribution in [0.2, 0.25) is 0 Å². The van der Waals surface area contributed by atoms with Crippen LogP contribution in [0.1, 0.15) is 17.7 Å². The van der Waals surface area contributed by atoms with Crippen molar-refractivity contribution in [2.24, 2.45) is 0 Å². The van der Waals surface area contributed by atoms with Gasteiger partial charge in [-0.3, -0.25) is 0 Å². The largest absolute Gasteiger partial charge is 0.497 e. The summed E-state index contributed by atoms with van der Waals surface area (Å²) in [5, 5.41) is 1.27. The van der Waals surface area contributed by atoms with Crippen LogP contribution in [-0.2, 0) is 6.42 Å². The van der Waals surface area contributed by atoms with Crippen molar-refractivity contribution in [2.45, 2.75) is 19.8 Å². The fourth-order valence-electron chi connectivity index (χ4n) is 2.31. The van der Waals surface area contributed by atoms with Gasteiger partial charge < -0.3 is 14.6 Å². The zero-order chi connectivity index (χ0) is 13.1. The maximum absolute atomic E-state index is 5.28. The molecule has 0 radical (unpaired) electrons. The first-order valence-corrected chi connectivity index (χ1v) is 6.41. The van der Waals surface area contributed by atoms with Gasteiger partial charge in [0.25, 0.3) is 0 Å². The van der Waals surface area contributed by atoms with Crippen molar-refractivity contribution >= 4 is 10.9 Å². The third-order valence-corrected chi connectivity index (χ3v) is 3.40. The smallest absolute Gasteiger partial charge is 0.119 e. The van der Waals surface area contributed by atoms with Gasteiger partial charge >= 0.3 is 0 Å². The Morgan fingerprint density at radius 2 is 2.06 bits per heavy atom. The molecule has 0 saturated carbocycles. The summed E-state index contributed by atoms with van der Waals surface area (Å²) in [6.45, 7) is 3.31. The van der Waals surface area contributed by atoms with Crippen LogP contribution >= 0.6 is 0 Å². The number of aromatic nitrogens is 1. The molecule has 18 heavy (non-hydrogen) atoms. The van der Waals surface area contributed by atoms with Crippen molar-refractivity contribution in [1.82, 2.24) is 9.88 Å². The maximum Gasteiger partial charge on any atom is 0.119 e. The van der Waals surface area contributed by atoms with Crippen LogP contribution in [-0.4, -0.2) is 37.6 Å². The number of rotatable bonds is 5. The van der Waals surface area contributed by atoms with Gasteiger partial charge in [0.1, 0.15) is 5.75 Å². The fourth-order valence-corrected chi connectivity index (χ4v) is 2.31. The zero-order valence-corrected chi connectivity index (χ0v) is 11.7. The minimum atomic E-state index is 0.921. The summed E-state index contributed by atoms with van der Waals surface area (Å²) < 4.78 is 5.28. The number of methoxy groups -OCH3 is 1. The number of aryl methyl sites for hydroxylation is 2. The van der Waals surface area contributed by atoms with Crippen molar-refractivity contribution in [1.29, 1.82) is 0 Å². The van der Waals surface area contributed by atoms with Crippen molar-refractivity contribution in [3.8, 4) is 5.75 Å². The third-order valence-electron chi connectivity index (χ3n) is 3.40. The minimum Gasteiger partial charge on any atom is -0.497 e. The van der Waals surface area contributed by atoms with Crippen LogP contribution in [0.25, 0.3) is 10.9 Å². The number of ether oxygens (including phenoxy) is 1. The molecular formula is C15H22N2O. The highest BCUT2D eigenvalue weighted by atomic mass is 16.5. The maximum atomic E-state index is 5.28. The Morgan fingerprint density at radius 3 is 2.72 bits per heavy atom. The first kappa shape index (κ1) is 13.0. The van der Waals surface area contributed by atoms with E-state index in [1.807, 2.05) is 6.07 Å². The molecule has 3 nitrogen and oxygen atoms in total. The van der Waals surface area contributed by atoms with Gasteiger partial charge in [0.2, 0.25) is 0 Å². The molecule has 0 bridgehead atoms. The summed E-state index contributed by atoms with van der Waals surface area (Å²) >= 11 is 0. The van der Waals surface area contributed by atoms with E-state index >= 15 is 0 Å². The monoisotopic (exact) mass is 246 g/mol. The average Bonchev–Trinajstić information content (AvgIpc) is 2.66. The van der Waals surface area contributed by atoms with Gasteiger partial charge in [0.05, 0.1) is 7.11 Å². The molecule has 0 spiro atoms. The van der Waals surface area contributed by atoms with Crippen LogP contribution in [0.15, 0.2) is 18.2 Å². The number of hydrogen-bond donors (Lipinski definition) is 1. The number of H-pyrrole nitrogens is 1. The molecule has 0 aliphatic rings. The molecule has 0 saturated heterocycles. The lowest BCUT2D eigenvalue weighted by Gasteiger charge is -2.08. The van der Waals surface area contributed by atoms with Gasteiger partial charge in [0, 0.05) is 16.6 Å². The third kappa shape index (κ3) is 2.67. The van der Waals surface area contributed by atoms with Crippen molar-refractivity contribution in [2.75, 3.05) is 27.7 Å². The zero-order valence-electron chi connectivity index (χ0n) is 11.7. The van der Waals surface area contributed by atoms with E-state index in [0.717, 1.165) is 18.7 Å². The van der Waals surface area contributed by atoms with E-state index in [4.69, 9.17) is 4.74 Å². The summed E-state index contributed by atoms with van der Waals surface area (Å²) in [7, 11) is 5.94. The van der Waals surface area contributed by atoms with Gasteiger partial charge in [-0.2, -0.15) is 0 Å². The number of hydrogen-bond acceptors (Lipinski definition) is 2. The minimum absolute atomic E-state index is 0.921. The molecule has 0 aliphatic carbocycles. The molecule has 1 aromatic heterocycles. The Labute approximate surface area is 109 Å². The lowest BCUT2D eigenvalue weighted by molar-refractivity contribution is 0.399. The Bertz CT molecular complexity index is 529. The molecule has 0 unspecified atom stereocenters. The predicted molar refractivity (Wildman–Crippen MR) is 76.5 cm³/mol. The number of nitrogens with one attached hydrogen (secondary N) is 1. The van der Waals surface area contributed by atoms with Crippen LogP contribution in [0.3, 0.4) is 0 Å². The second kappa shape index (κ2) is 5.44. The molecule has 0 amide bonds. The van der Waals surface area contributed by atoms with E-state index < -0.39 is 0 Å². The van der Waals surface area contributed by atoms with Crippen molar-refractivity contribution in [3.63, 3.8) is 0 Å². The van der Waals surface area contributed by atoms with Gasteiger partial charge in [-0.25, -0.2) is 0 Å². The summed E-state index contributed by atoms with van der Waals surface area (Å²) in [6, 6.07) is 6.20. The lowest BCUT2D eigenvalue weighted by Crippen LogP contribution is -2.13. The summed E-state index contributed by atoms with van der Waals surface area (Å²) in [5.74, 6) is 0.921. The molecule has 1 heterocycles. The van der Waals surface area contributed by atoms with E-state index in [2.05, 4.69) is 43.0 Å². The van der Waals surface area contributed by atoms with Crippen LogP contribution in [0.5, 0.6) is 5.75 Å². The molecule has 0 aliphatic heterocycles. The Morgan fingerprint density at radius 1 is 1.28 bits per heavy atom. The molecule has 0 fully saturated rings. The van der Waals surface area contributed by atoms with Gasteiger partial charge in [-0.05, 0) is 64.2 Å². The highest BCUT2D eigenvalue weighted by molar-refractivity contribution is 5.85. The molecule has 2 aromatic rings. The topological polar surface area (TPSA) is 28.3 Å². The molecule has 1 aromatic carbocycles. The number of aromatic amines is 1. The van der Waals surface area contributed by atoms with E-state index in [1.54, 1.807) is 7.11 Å². The molecule has 1 N–H and O–H groups in total. The predicted octanol–water partition coefficient (Wildman–Crippen LogP) is 2.98. The second-order valence-corrected chi connectivity index (χ2v) is 5.05. The number of fused-ring (bicyclic) bond motifs is 1. The second-order valence-electron chi connectivity index (χ2n) is 5.05. The number of nitrogens with zero attached hydrogens (tertiary/aromatic N) is 1. The van der Waals surface area contributed by atoms with Crippen LogP contribution in [0, 0.1) is 6.92 Å². The molecule has 2 rings (SSSR count). The van der Waals surface area contributed by atoms with Gasteiger partial charge in [-0.1, -0.05) is 0 Å². The highest BCUT2D eigenvalue weighted by Gasteiger charge is 2.08. The normalized spacial score (nSPS) is 11.4. The van der Waals surface area contributed by atoms with Crippen molar-refractivity contribution < 1.29 is 4.74 Å². The van der Waals surface area contributed by atoms with E-state index in [0.29, 0.717) is 0 Å². The van der Waals surface area contributed by atoms with Crippen LogP contribution in [0.4, 0.5) is 0 Å². The lowest BCUT2D eigenvalue weighted by atomic mass is 10.1. The molecule has 98 valence electrons. The summed E-state index contributed by atoms with van der Waals surface area (Å²) in [4.78, 5) is 5.74. The fraction of sp³-hybridized carbons (Fsp3) is 0.467. The van der Waals surface area contributed by atoms with E-state index in [1.165, 1.54) is 28.6 Å². The summed E-state index contributed by atoms with van der Waals surface area (Å²) in [6.07, 6.45) is 2.28. The molecule has 3 heteroatoms. The number of benzene rings is 1. The SMILES string of the molecule is COc1ccc2[nH]c(CCCN(C)C)c(C)c2c1. The Hall–Kier alpha value is -1.48. The summed E-state index contributed by atoms with van der Waals surface area (Å²) in [5.41, 5.74) is 3.90. The van der Waals surface area contributed by atoms with Crippen LogP contribution < -0.4 is 4.74 Å². The highest BCUT2D eigenvalue weighted by Crippen LogP contribution is 2.26. The van der Waals surface area contributed by atoms with Crippen molar-refractivity contribution in [3.05, 3.63) is 29.5 Å². The Kier molecular flexibility index (Phi) is 3.92. The van der Waals surface area contributed by atoms with Gasteiger partial charge in [0.15, 0.2) is 0 Å². The Balaban J connectivity index is 2.21. The average molecular weight is 246 g/mol. The molecular weight excluding hydrogens is 224 g/mol. The van der Waals surface area contributed by atoms with E-state index in [-0.39, 0.29) is 0 Å².